The van der Waals surface area contributed by atoms with Crippen molar-refractivity contribution in [2.45, 2.75) is 38.4 Å². The van der Waals surface area contributed by atoms with Crippen molar-refractivity contribution in [1.82, 2.24) is 4.72 Å². The van der Waals surface area contributed by atoms with Crippen molar-refractivity contribution in [1.29, 1.82) is 0 Å². The quantitative estimate of drug-likeness (QED) is 0.867. The van der Waals surface area contributed by atoms with Crippen molar-refractivity contribution in [2.75, 3.05) is 6.61 Å². The van der Waals surface area contributed by atoms with E-state index in [1.54, 1.807) is 25.3 Å². The zero-order valence-electron chi connectivity index (χ0n) is 12.5. The second-order valence-corrected chi connectivity index (χ2v) is 8.00. The van der Waals surface area contributed by atoms with Crippen LogP contribution in [0.3, 0.4) is 0 Å². The standard InChI is InChI=1S/C15H19F2NO2S/c1-10(8-18-21(19)14(2,3)4)11-6-5-7-12-13(11)20-9-15(12,16)17/h5-8,18H,9H2,1-4H3/b10-8+. The highest BCUT2D eigenvalue weighted by molar-refractivity contribution is 7.90. The number of hydrogen-bond donors (Lipinski definition) is 1. The van der Waals surface area contributed by atoms with E-state index < -0.39 is 28.6 Å². The third-order valence-electron chi connectivity index (χ3n) is 3.17. The Bertz CT molecular complexity index is 567. The van der Waals surface area contributed by atoms with E-state index in [9.17, 15) is 13.3 Å². The largest absolute Gasteiger partial charge is 0.593 e. The lowest BCUT2D eigenvalue weighted by Gasteiger charge is -2.22. The first-order valence-corrected chi connectivity index (χ1v) is 7.77. The fourth-order valence-electron chi connectivity index (χ4n) is 1.93. The number of ether oxygens (including phenoxy) is 1. The molecule has 1 aliphatic rings. The molecule has 0 saturated heterocycles. The van der Waals surface area contributed by atoms with Crippen LogP contribution in [-0.2, 0) is 17.3 Å². The van der Waals surface area contributed by atoms with Gasteiger partial charge in [0.1, 0.15) is 10.5 Å². The fraction of sp³-hybridized carbons (Fsp3) is 0.467. The Labute approximate surface area is 126 Å². The summed E-state index contributed by atoms with van der Waals surface area (Å²) in [6, 6.07) is 4.67. The Kier molecular flexibility index (Phi) is 4.22. The average molecular weight is 315 g/mol. The molecule has 6 heteroatoms. The van der Waals surface area contributed by atoms with E-state index >= 15 is 0 Å². The van der Waals surface area contributed by atoms with E-state index in [-0.39, 0.29) is 11.3 Å². The number of fused-ring (bicyclic) bond motifs is 1. The predicted octanol–water partition coefficient (Wildman–Crippen LogP) is 3.58. The fourth-order valence-corrected chi connectivity index (χ4v) is 2.57. The van der Waals surface area contributed by atoms with Crippen LogP contribution in [0, 0.1) is 0 Å². The van der Waals surface area contributed by atoms with Gasteiger partial charge in [-0.1, -0.05) is 12.1 Å². The molecule has 1 unspecified atom stereocenters. The van der Waals surface area contributed by atoms with Crippen LogP contribution in [-0.4, -0.2) is 15.9 Å². The topological polar surface area (TPSA) is 44.3 Å². The maximum absolute atomic E-state index is 13.6. The van der Waals surface area contributed by atoms with Crippen LogP contribution in [0.4, 0.5) is 8.78 Å². The number of rotatable bonds is 3. The van der Waals surface area contributed by atoms with E-state index in [4.69, 9.17) is 4.74 Å². The maximum atomic E-state index is 13.6. The number of hydrogen-bond acceptors (Lipinski definition) is 3. The minimum Gasteiger partial charge on any atom is -0.593 e. The van der Waals surface area contributed by atoms with Gasteiger partial charge in [-0.05, 0) is 39.3 Å². The summed E-state index contributed by atoms with van der Waals surface area (Å²) in [5.74, 6) is -2.74. The van der Waals surface area contributed by atoms with E-state index in [0.29, 0.717) is 11.1 Å². The first-order chi connectivity index (χ1) is 9.63. The zero-order chi connectivity index (χ0) is 15.8. The lowest BCUT2D eigenvalue weighted by molar-refractivity contribution is -0.0214. The summed E-state index contributed by atoms with van der Waals surface area (Å²) in [6.07, 6.45) is 1.58. The molecule has 116 valence electrons. The lowest BCUT2D eigenvalue weighted by atomic mass is 10.0. The monoisotopic (exact) mass is 315 g/mol. The SMILES string of the molecule is C/C(=C\N[S+]([O-])C(C)(C)C)c1cccc2c1OCC2(F)F. The third-order valence-corrected chi connectivity index (χ3v) is 4.61. The summed E-state index contributed by atoms with van der Waals surface area (Å²) in [5.41, 5.74) is 1.19. The number of allylic oxidation sites excluding steroid dienone is 1. The predicted molar refractivity (Wildman–Crippen MR) is 80.5 cm³/mol. The molecular formula is C15H19F2NO2S. The highest BCUT2D eigenvalue weighted by atomic mass is 32.2. The number of benzene rings is 1. The van der Waals surface area contributed by atoms with Crippen molar-refractivity contribution in [3.63, 3.8) is 0 Å². The van der Waals surface area contributed by atoms with Crippen molar-refractivity contribution in [2.24, 2.45) is 0 Å². The van der Waals surface area contributed by atoms with Crippen LogP contribution in [0.1, 0.15) is 38.8 Å². The molecule has 0 aliphatic carbocycles. The minimum absolute atomic E-state index is 0.0929. The summed E-state index contributed by atoms with van der Waals surface area (Å²) < 4.78 is 46.8. The van der Waals surface area contributed by atoms with Crippen LogP contribution in [0.25, 0.3) is 5.57 Å². The molecule has 1 N–H and O–H groups in total. The van der Waals surface area contributed by atoms with Gasteiger partial charge in [-0.15, -0.1) is 0 Å². The second kappa shape index (κ2) is 5.50. The molecular weight excluding hydrogens is 296 g/mol. The van der Waals surface area contributed by atoms with Gasteiger partial charge in [-0.2, -0.15) is 8.78 Å². The molecule has 1 heterocycles. The molecule has 1 atom stereocenters. The Morgan fingerprint density at radius 1 is 1.43 bits per heavy atom. The number of alkyl halides is 2. The molecule has 2 rings (SSSR count). The van der Waals surface area contributed by atoms with E-state index in [1.165, 1.54) is 6.07 Å². The number of nitrogens with one attached hydrogen (secondary N) is 1. The van der Waals surface area contributed by atoms with E-state index in [0.717, 1.165) is 0 Å². The highest BCUT2D eigenvalue weighted by Gasteiger charge is 2.42. The molecule has 0 fully saturated rings. The van der Waals surface area contributed by atoms with Crippen LogP contribution in [0.5, 0.6) is 5.75 Å². The zero-order valence-corrected chi connectivity index (χ0v) is 13.3. The maximum Gasteiger partial charge on any atom is 0.310 e. The molecule has 0 radical (unpaired) electrons. The molecule has 1 aromatic carbocycles. The van der Waals surface area contributed by atoms with Gasteiger partial charge in [0.05, 0.1) is 16.9 Å². The highest BCUT2D eigenvalue weighted by Crippen LogP contribution is 2.44. The van der Waals surface area contributed by atoms with Gasteiger partial charge in [0, 0.05) is 11.8 Å². The molecule has 0 bridgehead atoms. The molecule has 0 saturated carbocycles. The second-order valence-electron chi connectivity index (χ2n) is 6.00. The summed E-state index contributed by atoms with van der Waals surface area (Å²) in [4.78, 5) is 0. The number of halogens is 2. The van der Waals surface area contributed by atoms with Gasteiger partial charge >= 0.3 is 5.92 Å². The molecule has 3 nitrogen and oxygen atoms in total. The molecule has 21 heavy (non-hydrogen) atoms. The van der Waals surface area contributed by atoms with Crippen molar-refractivity contribution in [3.05, 3.63) is 35.5 Å². The Morgan fingerprint density at radius 2 is 2.10 bits per heavy atom. The van der Waals surface area contributed by atoms with Crippen LogP contribution >= 0.6 is 0 Å². The first-order valence-electron chi connectivity index (χ1n) is 6.62. The lowest BCUT2D eigenvalue weighted by Crippen LogP contribution is -2.36. The summed E-state index contributed by atoms with van der Waals surface area (Å²) >= 11 is -1.26. The van der Waals surface area contributed by atoms with Gasteiger partial charge in [-0.25, -0.2) is 4.72 Å². The first kappa shape index (κ1) is 16.1. The molecule has 0 aromatic heterocycles. The summed E-state index contributed by atoms with van der Waals surface area (Å²) in [5, 5.41) is 0. The average Bonchev–Trinajstić information content (AvgIpc) is 2.70. The van der Waals surface area contributed by atoms with E-state index in [1.807, 2.05) is 20.8 Å². The van der Waals surface area contributed by atoms with Crippen molar-refractivity contribution in [3.8, 4) is 5.75 Å². The Morgan fingerprint density at radius 3 is 2.71 bits per heavy atom. The Balaban J connectivity index is 2.26. The smallest absolute Gasteiger partial charge is 0.310 e. The van der Waals surface area contributed by atoms with Crippen molar-refractivity contribution >= 4 is 16.9 Å². The third kappa shape index (κ3) is 3.32. The van der Waals surface area contributed by atoms with Crippen LogP contribution < -0.4 is 9.46 Å². The van der Waals surface area contributed by atoms with Crippen LogP contribution in [0.2, 0.25) is 0 Å². The normalized spacial score (nSPS) is 18.9. The van der Waals surface area contributed by atoms with Crippen molar-refractivity contribution < 1.29 is 18.1 Å². The van der Waals surface area contributed by atoms with Gasteiger partial charge in [0.15, 0.2) is 6.61 Å². The van der Waals surface area contributed by atoms with Crippen LogP contribution in [0.15, 0.2) is 24.4 Å². The van der Waals surface area contributed by atoms with Gasteiger partial charge in [0.2, 0.25) is 0 Å². The summed E-state index contributed by atoms with van der Waals surface area (Å²) in [7, 11) is 0. The molecule has 0 amide bonds. The molecule has 1 aliphatic heterocycles. The molecule has 0 spiro atoms. The number of para-hydroxylation sites is 1. The molecule has 1 aromatic rings. The van der Waals surface area contributed by atoms with Gasteiger partial charge in [-0.3, -0.25) is 0 Å². The Hall–Kier alpha value is -1.27. The van der Waals surface area contributed by atoms with Gasteiger partial charge < -0.3 is 9.29 Å². The minimum atomic E-state index is -2.95. The van der Waals surface area contributed by atoms with E-state index in [2.05, 4.69) is 4.72 Å². The van der Waals surface area contributed by atoms with Gasteiger partial charge in [0.25, 0.3) is 0 Å². The summed E-state index contributed by atoms with van der Waals surface area (Å²) in [6.45, 7) is 6.69.